The van der Waals surface area contributed by atoms with E-state index in [2.05, 4.69) is 88.0 Å². The maximum atomic E-state index is 6.73. The summed E-state index contributed by atoms with van der Waals surface area (Å²) in [6.07, 6.45) is 0. The quantitative estimate of drug-likeness (QED) is 0.148. The summed E-state index contributed by atoms with van der Waals surface area (Å²) in [7, 11) is 0. The standard InChI is InChI=1S/C57H35N9O/c1-5-18-36(19-6-1)46-35-47(37-20-7-2-8-21-37)59-56(58-46)66-49-31-16-14-27-42(49)44-28-17-29-45(51(44)66)55-64-63-54(67-55)40-32-33-43-41-26-13-15-30-48(41)65(50(43)34-40)57-61-52(38-22-9-3-10-23-38)60-53(62-57)39-24-11-4-12-25-39/h1-35H. The number of hydrogen-bond acceptors (Lipinski definition) is 8. The van der Waals surface area contributed by atoms with Crippen molar-refractivity contribution >= 4 is 43.6 Å². The van der Waals surface area contributed by atoms with Crippen molar-refractivity contribution < 1.29 is 4.42 Å². The van der Waals surface area contributed by atoms with Gasteiger partial charge in [-0.25, -0.2) is 15.0 Å². The Morgan fingerprint density at radius 3 is 1.40 bits per heavy atom. The highest BCUT2D eigenvalue weighted by atomic mass is 16.4. The lowest BCUT2D eigenvalue weighted by molar-refractivity contribution is 0.585. The first-order valence-corrected chi connectivity index (χ1v) is 22.0. The Balaban J connectivity index is 0.984. The van der Waals surface area contributed by atoms with Crippen LogP contribution in [-0.4, -0.2) is 44.3 Å². The molecule has 10 heteroatoms. The van der Waals surface area contributed by atoms with Crippen LogP contribution in [0.15, 0.2) is 217 Å². The molecular formula is C57H35N9O. The highest BCUT2D eigenvalue weighted by molar-refractivity contribution is 6.13. The predicted octanol–water partition coefficient (Wildman–Crippen LogP) is 13.2. The molecular weight excluding hydrogens is 827 g/mol. The second kappa shape index (κ2) is 15.7. The van der Waals surface area contributed by atoms with Gasteiger partial charge in [-0.15, -0.1) is 10.2 Å². The zero-order valence-electron chi connectivity index (χ0n) is 35.6. The molecule has 5 heterocycles. The molecule has 67 heavy (non-hydrogen) atoms. The summed E-state index contributed by atoms with van der Waals surface area (Å²) in [4.78, 5) is 25.7. The SMILES string of the molecule is c1ccc(-c2cc(-c3ccccc3)nc(-n3c4ccccc4c4cccc(-c5nnc(-c6ccc7c8ccccc8n(-c8nc(-c9ccccc9)nc(-c9ccccc9)n8)c7c6)o5)c43)n2)cc1. The Labute approximate surface area is 383 Å². The van der Waals surface area contributed by atoms with Crippen molar-refractivity contribution in [3.05, 3.63) is 212 Å². The van der Waals surface area contributed by atoms with E-state index in [1.165, 1.54) is 0 Å². The van der Waals surface area contributed by atoms with Crippen molar-refractivity contribution in [1.82, 2.24) is 44.3 Å². The second-order valence-electron chi connectivity index (χ2n) is 16.2. The van der Waals surface area contributed by atoms with Crippen LogP contribution in [0.4, 0.5) is 0 Å². The average Bonchev–Trinajstić information content (AvgIpc) is 4.13. The molecule has 0 aliphatic heterocycles. The Morgan fingerprint density at radius 1 is 0.313 bits per heavy atom. The molecule has 5 aromatic heterocycles. The molecule has 0 aliphatic rings. The number of benzene rings is 8. The largest absolute Gasteiger partial charge is 0.416 e. The summed E-state index contributed by atoms with van der Waals surface area (Å²) in [6, 6.07) is 71.5. The lowest BCUT2D eigenvalue weighted by atomic mass is 10.1. The van der Waals surface area contributed by atoms with Gasteiger partial charge < -0.3 is 4.42 Å². The van der Waals surface area contributed by atoms with Crippen LogP contribution in [0.5, 0.6) is 0 Å². The summed E-state index contributed by atoms with van der Waals surface area (Å²) in [5, 5.41) is 13.6. The molecule has 0 atom stereocenters. The molecule has 0 saturated heterocycles. The van der Waals surface area contributed by atoms with Gasteiger partial charge in [0.25, 0.3) is 0 Å². The number of nitrogens with zero attached hydrogens (tertiary/aromatic N) is 9. The van der Waals surface area contributed by atoms with Gasteiger partial charge >= 0.3 is 0 Å². The number of hydrogen-bond donors (Lipinski definition) is 0. The fourth-order valence-corrected chi connectivity index (χ4v) is 9.11. The lowest BCUT2D eigenvalue weighted by Crippen LogP contribution is -2.06. The highest BCUT2D eigenvalue weighted by Crippen LogP contribution is 2.40. The first-order valence-electron chi connectivity index (χ1n) is 22.0. The zero-order chi connectivity index (χ0) is 44.3. The van der Waals surface area contributed by atoms with E-state index >= 15 is 0 Å². The molecule has 13 aromatic rings. The lowest BCUT2D eigenvalue weighted by Gasteiger charge is -2.12. The van der Waals surface area contributed by atoms with Crippen LogP contribution < -0.4 is 0 Å². The van der Waals surface area contributed by atoms with E-state index in [-0.39, 0.29) is 0 Å². The van der Waals surface area contributed by atoms with Gasteiger partial charge in [0.2, 0.25) is 23.7 Å². The van der Waals surface area contributed by atoms with Gasteiger partial charge in [0.15, 0.2) is 11.6 Å². The number of rotatable bonds is 8. The van der Waals surface area contributed by atoms with E-state index in [1.54, 1.807) is 0 Å². The zero-order valence-corrected chi connectivity index (χ0v) is 35.6. The molecule has 0 spiro atoms. The first kappa shape index (κ1) is 38.1. The van der Waals surface area contributed by atoms with Gasteiger partial charge in [0.05, 0.1) is 39.0 Å². The molecule has 0 radical (unpaired) electrons. The summed E-state index contributed by atoms with van der Waals surface area (Å²) in [5.41, 5.74) is 10.5. The van der Waals surface area contributed by atoms with Crippen molar-refractivity contribution in [2.45, 2.75) is 0 Å². The van der Waals surface area contributed by atoms with E-state index in [0.29, 0.717) is 35.3 Å². The van der Waals surface area contributed by atoms with E-state index < -0.39 is 0 Å². The van der Waals surface area contributed by atoms with Crippen LogP contribution in [0.1, 0.15) is 0 Å². The Hall–Kier alpha value is -9.41. The minimum atomic E-state index is 0.366. The molecule has 0 aliphatic carbocycles. The smallest absolute Gasteiger partial charge is 0.250 e. The minimum Gasteiger partial charge on any atom is -0.416 e. The van der Waals surface area contributed by atoms with Gasteiger partial charge in [-0.1, -0.05) is 176 Å². The fourth-order valence-electron chi connectivity index (χ4n) is 9.11. The number of para-hydroxylation sites is 3. The van der Waals surface area contributed by atoms with Crippen molar-refractivity contribution in [3.8, 4) is 80.1 Å². The third-order valence-corrected chi connectivity index (χ3v) is 12.2. The van der Waals surface area contributed by atoms with Crippen molar-refractivity contribution in [1.29, 1.82) is 0 Å². The van der Waals surface area contributed by atoms with E-state index in [1.807, 2.05) is 133 Å². The predicted molar refractivity (Wildman–Crippen MR) is 265 cm³/mol. The summed E-state index contributed by atoms with van der Waals surface area (Å²) in [6.45, 7) is 0. The van der Waals surface area contributed by atoms with Gasteiger partial charge in [-0.2, -0.15) is 9.97 Å². The maximum absolute atomic E-state index is 6.73. The van der Waals surface area contributed by atoms with E-state index in [4.69, 9.17) is 39.5 Å². The summed E-state index contributed by atoms with van der Waals surface area (Å²) >= 11 is 0. The number of fused-ring (bicyclic) bond motifs is 6. The van der Waals surface area contributed by atoms with Crippen molar-refractivity contribution in [3.63, 3.8) is 0 Å². The molecule has 0 fully saturated rings. The third-order valence-electron chi connectivity index (χ3n) is 12.2. The molecule has 0 amide bonds. The van der Waals surface area contributed by atoms with E-state index in [9.17, 15) is 0 Å². The summed E-state index contributed by atoms with van der Waals surface area (Å²) < 4.78 is 10.9. The molecule has 0 unspecified atom stereocenters. The Kier molecular flexibility index (Phi) is 8.92. The highest BCUT2D eigenvalue weighted by Gasteiger charge is 2.24. The number of aromatic nitrogens is 9. The monoisotopic (exact) mass is 861 g/mol. The molecule has 0 N–H and O–H groups in total. The minimum absolute atomic E-state index is 0.366. The molecule has 13 rings (SSSR count). The van der Waals surface area contributed by atoms with Gasteiger partial charge in [-0.05, 0) is 36.4 Å². The van der Waals surface area contributed by atoms with Crippen molar-refractivity contribution in [2.24, 2.45) is 0 Å². The van der Waals surface area contributed by atoms with Crippen LogP contribution in [0, 0.1) is 0 Å². The fraction of sp³-hybridized carbons (Fsp3) is 0. The molecule has 314 valence electrons. The normalized spacial score (nSPS) is 11.6. The topological polar surface area (TPSA) is 113 Å². The van der Waals surface area contributed by atoms with Crippen LogP contribution >= 0.6 is 0 Å². The van der Waals surface area contributed by atoms with Crippen LogP contribution in [-0.2, 0) is 0 Å². The van der Waals surface area contributed by atoms with Gasteiger partial charge in [0.1, 0.15) is 0 Å². The molecule has 8 aromatic carbocycles. The summed E-state index contributed by atoms with van der Waals surface area (Å²) in [5.74, 6) is 2.91. The van der Waals surface area contributed by atoms with Gasteiger partial charge in [-0.3, -0.25) is 9.13 Å². The second-order valence-corrected chi connectivity index (χ2v) is 16.2. The maximum Gasteiger partial charge on any atom is 0.250 e. The molecule has 0 saturated carbocycles. The molecule has 0 bridgehead atoms. The van der Waals surface area contributed by atoms with Crippen molar-refractivity contribution in [2.75, 3.05) is 0 Å². The van der Waals surface area contributed by atoms with Gasteiger partial charge in [0, 0.05) is 49.4 Å². The first-order chi connectivity index (χ1) is 33.2. The Bertz CT molecular complexity index is 3860. The third kappa shape index (κ3) is 6.54. The average molecular weight is 862 g/mol. The molecule has 10 nitrogen and oxygen atoms in total. The van der Waals surface area contributed by atoms with E-state index in [0.717, 1.165) is 88.4 Å². The van der Waals surface area contributed by atoms with Crippen LogP contribution in [0.25, 0.3) is 124 Å². The van der Waals surface area contributed by atoms with Crippen LogP contribution in [0.3, 0.4) is 0 Å². The Morgan fingerprint density at radius 2 is 0.791 bits per heavy atom. The van der Waals surface area contributed by atoms with Crippen LogP contribution in [0.2, 0.25) is 0 Å².